The molecule has 0 saturated carbocycles. The van der Waals surface area contributed by atoms with Gasteiger partial charge < -0.3 is 9.84 Å². The first-order valence-electron chi connectivity index (χ1n) is 6.86. The van der Waals surface area contributed by atoms with Crippen LogP contribution in [-0.2, 0) is 14.3 Å². The molecule has 1 aromatic rings. The van der Waals surface area contributed by atoms with E-state index >= 15 is 0 Å². The number of carboxylic acids is 1. The van der Waals surface area contributed by atoms with Crippen LogP contribution in [0.25, 0.3) is 0 Å². The van der Waals surface area contributed by atoms with Gasteiger partial charge in [0.25, 0.3) is 5.69 Å². The number of carbonyl (C=O) groups excluding carboxylic acids is 1. The number of nitro benzene ring substituents is 1. The summed E-state index contributed by atoms with van der Waals surface area (Å²) in [4.78, 5) is 33.4. The first-order valence-corrected chi connectivity index (χ1v) is 6.86. The molecule has 0 unspecified atom stereocenters. The number of ether oxygens (including phenoxy) is 1. The maximum Gasteiger partial charge on any atom is 0.354 e. The molecule has 122 valence electrons. The maximum atomic E-state index is 11.8. The monoisotopic (exact) mass is 321 g/mol. The van der Waals surface area contributed by atoms with E-state index in [1.54, 1.807) is 13.8 Å². The van der Waals surface area contributed by atoms with E-state index in [4.69, 9.17) is 4.74 Å². The van der Waals surface area contributed by atoms with Gasteiger partial charge in [-0.3, -0.25) is 15.1 Å². The molecule has 0 aliphatic carbocycles. The summed E-state index contributed by atoms with van der Waals surface area (Å²) in [5, 5.41) is 25.3. The first kappa shape index (κ1) is 16.4. The molecular weight excluding hydrogens is 306 g/mol. The number of rotatable bonds is 5. The lowest BCUT2D eigenvalue weighted by atomic mass is 10.1. The molecule has 0 aromatic heterocycles. The summed E-state index contributed by atoms with van der Waals surface area (Å²) in [5.74, 6) is -1.81. The Morgan fingerprint density at radius 2 is 2.22 bits per heavy atom. The van der Waals surface area contributed by atoms with Gasteiger partial charge in [-0.15, -0.1) is 0 Å². The third-order valence-corrected chi connectivity index (χ3v) is 3.34. The molecule has 0 amide bonds. The fraction of sp³-hybridized carbons (Fsp3) is 0.357. The minimum absolute atomic E-state index is 0.0111. The predicted octanol–water partition coefficient (Wildman–Crippen LogP) is 1.49. The molecular formula is C14H15N3O6. The minimum Gasteiger partial charge on any atom is -0.480 e. The molecule has 0 saturated heterocycles. The van der Waals surface area contributed by atoms with E-state index in [2.05, 4.69) is 5.10 Å². The van der Waals surface area contributed by atoms with Gasteiger partial charge in [-0.2, -0.15) is 5.10 Å². The molecule has 1 heterocycles. The average Bonchev–Trinajstić information content (AvgIpc) is 2.92. The van der Waals surface area contributed by atoms with E-state index < -0.39 is 22.9 Å². The second-order valence-corrected chi connectivity index (χ2v) is 4.90. The molecule has 9 heteroatoms. The van der Waals surface area contributed by atoms with Gasteiger partial charge in [0.1, 0.15) is 5.71 Å². The highest BCUT2D eigenvalue weighted by molar-refractivity contribution is 6.38. The Morgan fingerprint density at radius 3 is 2.74 bits per heavy atom. The van der Waals surface area contributed by atoms with Crippen molar-refractivity contribution in [2.75, 3.05) is 11.6 Å². The predicted molar refractivity (Wildman–Crippen MR) is 80.4 cm³/mol. The molecule has 0 radical (unpaired) electrons. The van der Waals surface area contributed by atoms with Gasteiger partial charge in [0.15, 0.2) is 6.04 Å². The molecule has 2 rings (SSSR count). The van der Waals surface area contributed by atoms with Crippen LogP contribution in [0.1, 0.15) is 18.9 Å². The Kier molecular flexibility index (Phi) is 4.58. The number of hydrogen-bond donors (Lipinski definition) is 1. The van der Waals surface area contributed by atoms with Crippen LogP contribution in [-0.4, -0.2) is 40.3 Å². The van der Waals surface area contributed by atoms with Gasteiger partial charge >= 0.3 is 11.9 Å². The van der Waals surface area contributed by atoms with Crippen molar-refractivity contribution in [3.63, 3.8) is 0 Å². The molecule has 1 aliphatic rings. The number of anilines is 1. The van der Waals surface area contributed by atoms with Gasteiger partial charge in [0.2, 0.25) is 0 Å². The van der Waals surface area contributed by atoms with Crippen molar-refractivity contribution in [2.45, 2.75) is 26.3 Å². The Balaban J connectivity index is 2.39. The van der Waals surface area contributed by atoms with E-state index in [0.29, 0.717) is 11.3 Å². The van der Waals surface area contributed by atoms with Gasteiger partial charge in [0.05, 0.1) is 17.2 Å². The highest BCUT2D eigenvalue weighted by Gasteiger charge is 2.37. The van der Waals surface area contributed by atoms with Crippen molar-refractivity contribution in [3.8, 4) is 0 Å². The number of non-ortho nitro benzene ring substituents is 1. The number of esters is 1. The van der Waals surface area contributed by atoms with Crippen molar-refractivity contribution >= 4 is 29.0 Å². The van der Waals surface area contributed by atoms with E-state index in [9.17, 15) is 24.8 Å². The van der Waals surface area contributed by atoms with E-state index in [1.165, 1.54) is 23.2 Å². The Morgan fingerprint density at radius 1 is 1.52 bits per heavy atom. The molecule has 0 spiro atoms. The number of carbonyl (C=O) groups is 2. The van der Waals surface area contributed by atoms with Crippen LogP contribution in [0.2, 0.25) is 0 Å². The van der Waals surface area contributed by atoms with Gasteiger partial charge in [-0.25, -0.2) is 9.59 Å². The lowest BCUT2D eigenvalue weighted by molar-refractivity contribution is -0.384. The molecule has 23 heavy (non-hydrogen) atoms. The summed E-state index contributed by atoms with van der Waals surface area (Å²) in [6.45, 7) is 3.41. The summed E-state index contributed by atoms with van der Waals surface area (Å²) in [5.41, 5.74) is 0.783. The highest BCUT2D eigenvalue weighted by atomic mass is 16.6. The third-order valence-electron chi connectivity index (χ3n) is 3.34. The number of benzene rings is 1. The number of aryl methyl sites for hydroxylation is 1. The van der Waals surface area contributed by atoms with Crippen LogP contribution in [0.5, 0.6) is 0 Å². The number of nitrogens with zero attached hydrogens (tertiary/aromatic N) is 3. The number of hydrazone groups is 1. The second-order valence-electron chi connectivity index (χ2n) is 4.90. The van der Waals surface area contributed by atoms with Crippen LogP contribution in [0.15, 0.2) is 23.3 Å². The number of nitro groups is 1. The second kappa shape index (κ2) is 6.42. The lowest BCUT2D eigenvalue weighted by Crippen LogP contribution is -2.34. The molecule has 0 bridgehead atoms. The molecule has 9 nitrogen and oxygen atoms in total. The van der Waals surface area contributed by atoms with E-state index in [0.717, 1.165) is 0 Å². The summed E-state index contributed by atoms with van der Waals surface area (Å²) < 4.78 is 4.84. The molecule has 0 fully saturated rings. The van der Waals surface area contributed by atoms with Crippen molar-refractivity contribution in [1.82, 2.24) is 0 Å². The fourth-order valence-corrected chi connectivity index (χ4v) is 2.27. The fourth-order valence-electron chi connectivity index (χ4n) is 2.27. The Bertz CT molecular complexity index is 700. The molecule has 1 N–H and O–H groups in total. The van der Waals surface area contributed by atoms with Crippen LogP contribution in [0.3, 0.4) is 0 Å². The van der Waals surface area contributed by atoms with Crippen molar-refractivity contribution < 1.29 is 24.4 Å². The number of carboxylic acid groups (broad SMARTS) is 1. The van der Waals surface area contributed by atoms with Gasteiger partial charge in [-0.05, 0) is 25.5 Å². The third kappa shape index (κ3) is 3.28. The highest BCUT2D eigenvalue weighted by Crippen LogP contribution is 2.30. The topological polar surface area (TPSA) is 122 Å². The quantitative estimate of drug-likeness (QED) is 0.495. The van der Waals surface area contributed by atoms with Crippen LogP contribution in [0.4, 0.5) is 11.4 Å². The smallest absolute Gasteiger partial charge is 0.354 e. The lowest BCUT2D eigenvalue weighted by Gasteiger charge is -2.21. The number of hydrogen-bond acceptors (Lipinski definition) is 7. The zero-order valence-corrected chi connectivity index (χ0v) is 12.6. The van der Waals surface area contributed by atoms with Crippen LogP contribution < -0.4 is 5.01 Å². The van der Waals surface area contributed by atoms with Gasteiger partial charge in [-0.1, -0.05) is 0 Å². The van der Waals surface area contributed by atoms with Crippen molar-refractivity contribution in [2.24, 2.45) is 5.10 Å². The van der Waals surface area contributed by atoms with Crippen molar-refractivity contribution in [1.29, 1.82) is 0 Å². The minimum atomic E-state index is -1.15. The average molecular weight is 321 g/mol. The molecule has 1 atom stereocenters. The van der Waals surface area contributed by atoms with Crippen molar-refractivity contribution in [3.05, 3.63) is 33.9 Å². The molecule has 1 aliphatic heterocycles. The SMILES string of the molecule is CCOC(=O)C1=NN(c2ccc([N+](=O)[O-])cc2C)[C@@H](C(=O)O)C1. The largest absolute Gasteiger partial charge is 0.480 e. The van der Waals surface area contributed by atoms with Gasteiger partial charge in [0, 0.05) is 18.6 Å². The zero-order valence-electron chi connectivity index (χ0n) is 12.6. The first-order chi connectivity index (χ1) is 10.8. The van der Waals surface area contributed by atoms with E-state index in [1.807, 2.05) is 0 Å². The zero-order chi connectivity index (χ0) is 17.1. The van der Waals surface area contributed by atoms with Crippen LogP contribution in [0, 0.1) is 17.0 Å². The van der Waals surface area contributed by atoms with Crippen LogP contribution >= 0.6 is 0 Å². The standard InChI is InChI=1S/C14H15N3O6/c1-3-23-14(20)10-7-12(13(18)19)16(15-10)11-5-4-9(17(21)22)6-8(11)2/h4-6,12H,3,7H2,1-2H3,(H,18,19)/t12-/m1/s1. The van der Waals surface area contributed by atoms with E-state index in [-0.39, 0.29) is 24.4 Å². The Labute approximate surface area is 131 Å². The summed E-state index contributed by atoms with van der Waals surface area (Å²) in [6, 6.07) is 2.95. The molecule has 1 aromatic carbocycles. The summed E-state index contributed by atoms with van der Waals surface area (Å²) in [7, 11) is 0. The number of aliphatic carboxylic acids is 1. The summed E-state index contributed by atoms with van der Waals surface area (Å²) in [6.07, 6.45) is -0.0927. The normalized spacial score (nSPS) is 16.9. The maximum absolute atomic E-state index is 11.8. The summed E-state index contributed by atoms with van der Waals surface area (Å²) >= 11 is 0. The Hall–Kier alpha value is -2.97.